The van der Waals surface area contributed by atoms with E-state index in [0.717, 1.165) is 53.2 Å². The molecule has 0 bridgehead atoms. The minimum atomic E-state index is 0.0851. The van der Waals surface area contributed by atoms with Crippen molar-refractivity contribution in [3.8, 4) is 5.75 Å². The highest BCUT2D eigenvalue weighted by atomic mass is 16.5. The van der Waals surface area contributed by atoms with Gasteiger partial charge in [0.15, 0.2) is 0 Å². The Hall–Kier alpha value is -3.60. The summed E-state index contributed by atoms with van der Waals surface area (Å²) in [7, 11) is 0. The van der Waals surface area contributed by atoms with Gasteiger partial charge in [0.25, 0.3) is 0 Å². The smallest absolute Gasteiger partial charge is 0.227 e. The van der Waals surface area contributed by atoms with Gasteiger partial charge < -0.3 is 14.2 Å². The van der Waals surface area contributed by atoms with Gasteiger partial charge in [-0.25, -0.2) is 4.98 Å². The third-order valence-electron chi connectivity index (χ3n) is 6.73. The molecule has 0 spiro atoms. The Morgan fingerprint density at radius 2 is 1.71 bits per heavy atom. The number of amides is 1. The number of aryl methyl sites for hydroxylation is 4. The zero-order valence-electron chi connectivity index (χ0n) is 20.8. The highest BCUT2D eigenvalue weighted by molar-refractivity contribution is 5.96. The zero-order valence-corrected chi connectivity index (χ0v) is 20.8. The Morgan fingerprint density at radius 1 is 0.914 bits per heavy atom. The Morgan fingerprint density at radius 3 is 2.51 bits per heavy atom. The highest BCUT2D eigenvalue weighted by Gasteiger charge is 2.34. The van der Waals surface area contributed by atoms with Gasteiger partial charge in [-0.05, 0) is 86.7 Å². The minimum Gasteiger partial charge on any atom is -0.494 e. The molecule has 35 heavy (non-hydrogen) atoms. The van der Waals surface area contributed by atoms with Crippen LogP contribution in [0.25, 0.3) is 11.0 Å². The van der Waals surface area contributed by atoms with E-state index >= 15 is 0 Å². The van der Waals surface area contributed by atoms with E-state index in [4.69, 9.17) is 9.72 Å². The topological polar surface area (TPSA) is 47.4 Å². The molecule has 4 aromatic rings. The number of imidazole rings is 1. The van der Waals surface area contributed by atoms with Crippen molar-refractivity contribution >= 4 is 22.6 Å². The summed E-state index contributed by atoms with van der Waals surface area (Å²) >= 11 is 0. The molecule has 1 atom stereocenters. The number of para-hydroxylation sites is 2. The molecule has 2 heterocycles. The predicted molar refractivity (Wildman–Crippen MR) is 141 cm³/mol. The molecule has 1 amide bonds. The fourth-order valence-corrected chi connectivity index (χ4v) is 5.14. The molecule has 0 N–H and O–H groups in total. The number of hydrogen-bond acceptors (Lipinski definition) is 3. The van der Waals surface area contributed by atoms with Crippen LogP contribution >= 0.6 is 0 Å². The average molecular weight is 468 g/mol. The first-order chi connectivity index (χ1) is 17.0. The molecule has 0 aliphatic carbocycles. The number of nitrogens with zero attached hydrogens (tertiary/aromatic N) is 3. The lowest BCUT2D eigenvalue weighted by atomic mass is 10.1. The van der Waals surface area contributed by atoms with Crippen LogP contribution in [0.1, 0.15) is 47.7 Å². The maximum atomic E-state index is 13.0. The summed E-state index contributed by atoms with van der Waals surface area (Å²) < 4.78 is 8.34. The molecule has 0 radical (unpaired) electrons. The summed E-state index contributed by atoms with van der Waals surface area (Å²) in [5.41, 5.74) is 6.72. The summed E-state index contributed by atoms with van der Waals surface area (Å²) in [6.07, 6.45) is 2.44. The van der Waals surface area contributed by atoms with Crippen LogP contribution in [0.15, 0.2) is 66.7 Å². The lowest BCUT2D eigenvalue weighted by molar-refractivity contribution is -0.117. The summed E-state index contributed by atoms with van der Waals surface area (Å²) in [5, 5.41) is 0. The van der Waals surface area contributed by atoms with Crippen molar-refractivity contribution in [2.75, 3.05) is 18.1 Å². The SMILES string of the molecule is Cc1cc(C)cc(OCCCCn2c(C3CC(=O)N(c4cccc(C)c4)C3)nc3ccccc32)c1. The average Bonchev–Trinajstić information content (AvgIpc) is 3.39. The number of carbonyl (C=O) groups excluding carboxylic acids is 1. The fourth-order valence-electron chi connectivity index (χ4n) is 5.14. The quantitative estimate of drug-likeness (QED) is 0.284. The molecule has 1 aliphatic heterocycles. The van der Waals surface area contributed by atoms with Crippen LogP contribution in [0.3, 0.4) is 0 Å². The Labute approximate surface area is 207 Å². The Kier molecular flexibility index (Phi) is 6.58. The number of hydrogen-bond donors (Lipinski definition) is 0. The molecule has 1 unspecified atom stereocenters. The second kappa shape index (κ2) is 9.95. The molecule has 1 aliphatic rings. The first-order valence-corrected chi connectivity index (χ1v) is 12.5. The predicted octanol–water partition coefficient (Wildman–Crippen LogP) is 6.34. The fraction of sp³-hybridized carbons (Fsp3) is 0.333. The van der Waals surface area contributed by atoms with Gasteiger partial charge in [0.2, 0.25) is 5.91 Å². The van der Waals surface area contributed by atoms with Gasteiger partial charge in [0.1, 0.15) is 11.6 Å². The number of ether oxygens (including phenoxy) is 1. The molecule has 180 valence electrons. The normalized spacial score (nSPS) is 15.8. The van der Waals surface area contributed by atoms with E-state index in [9.17, 15) is 4.79 Å². The van der Waals surface area contributed by atoms with Crippen molar-refractivity contribution < 1.29 is 9.53 Å². The van der Waals surface area contributed by atoms with E-state index < -0.39 is 0 Å². The van der Waals surface area contributed by atoms with Crippen molar-refractivity contribution in [1.82, 2.24) is 9.55 Å². The number of benzene rings is 3. The largest absolute Gasteiger partial charge is 0.494 e. The van der Waals surface area contributed by atoms with Gasteiger partial charge in [-0.2, -0.15) is 0 Å². The monoisotopic (exact) mass is 467 g/mol. The van der Waals surface area contributed by atoms with Crippen LogP contribution in [-0.2, 0) is 11.3 Å². The zero-order chi connectivity index (χ0) is 24.4. The summed E-state index contributed by atoms with van der Waals surface area (Å²) in [6.45, 7) is 8.47. The number of aromatic nitrogens is 2. The van der Waals surface area contributed by atoms with Crippen molar-refractivity contribution in [2.24, 2.45) is 0 Å². The van der Waals surface area contributed by atoms with Gasteiger partial charge >= 0.3 is 0 Å². The first-order valence-electron chi connectivity index (χ1n) is 12.5. The molecule has 5 heteroatoms. The number of fused-ring (bicyclic) bond motifs is 1. The van der Waals surface area contributed by atoms with Crippen LogP contribution in [-0.4, -0.2) is 28.6 Å². The van der Waals surface area contributed by atoms with Gasteiger partial charge in [0, 0.05) is 31.1 Å². The van der Waals surface area contributed by atoms with Gasteiger partial charge in [-0.1, -0.05) is 30.3 Å². The molecule has 1 fully saturated rings. The molecular formula is C30H33N3O2. The highest BCUT2D eigenvalue weighted by Crippen LogP contribution is 2.33. The van der Waals surface area contributed by atoms with E-state index in [1.54, 1.807) is 0 Å². The molecule has 1 saturated heterocycles. The standard InChI is InChI=1S/C30H33N3O2/c1-21-9-8-10-25(16-21)33-20-24(19-29(33)34)30-31-27-11-4-5-12-28(27)32(30)13-6-7-14-35-26-17-22(2)15-23(3)18-26/h4-5,8-12,15-18,24H,6-7,13-14,19-20H2,1-3H3. The molecule has 1 aromatic heterocycles. The third kappa shape index (κ3) is 5.09. The summed E-state index contributed by atoms with van der Waals surface area (Å²) in [6, 6.07) is 22.8. The van der Waals surface area contributed by atoms with Crippen molar-refractivity contribution in [3.63, 3.8) is 0 Å². The summed E-state index contributed by atoms with van der Waals surface area (Å²) in [5.74, 6) is 2.21. The van der Waals surface area contributed by atoms with E-state index in [2.05, 4.69) is 73.9 Å². The van der Waals surface area contributed by atoms with Crippen LogP contribution in [0.4, 0.5) is 5.69 Å². The lowest BCUT2D eigenvalue weighted by Gasteiger charge is -2.18. The minimum absolute atomic E-state index is 0.0851. The Balaban J connectivity index is 1.29. The second-order valence-electron chi connectivity index (χ2n) is 9.73. The van der Waals surface area contributed by atoms with Gasteiger partial charge in [-0.3, -0.25) is 4.79 Å². The van der Waals surface area contributed by atoms with Crippen LogP contribution in [0.2, 0.25) is 0 Å². The lowest BCUT2D eigenvalue weighted by Crippen LogP contribution is -2.24. The molecule has 3 aromatic carbocycles. The number of unbranched alkanes of at least 4 members (excludes halogenated alkanes) is 1. The molecule has 5 rings (SSSR count). The first kappa shape index (κ1) is 23.2. The second-order valence-corrected chi connectivity index (χ2v) is 9.73. The van der Waals surface area contributed by atoms with Gasteiger partial charge in [-0.15, -0.1) is 0 Å². The van der Waals surface area contributed by atoms with E-state index in [0.29, 0.717) is 19.6 Å². The van der Waals surface area contributed by atoms with E-state index in [1.807, 2.05) is 23.1 Å². The van der Waals surface area contributed by atoms with Crippen LogP contribution in [0.5, 0.6) is 5.75 Å². The summed E-state index contributed by atoms with van der Waals surface area (Å²) in [4.78, 5) is 19.9. The maximum Gasteiger partial charge on any atom is 0.227 e. The maximum absolute atomic E-state index is 13.0. The molecule has 0 saturated carbocycles. The van der Waals surface area contributed by atoms with Crippen molar-refractivity contribution in [2.45, 2.75) is 52.5 Å². The van der Waals surface area contributed by atoms with Crippen LogP contribution in [0, 0.1) is 20.8 Å². The Bertz CT molecular complexity index is 1340. The van der Waals surface area contributed by atoms with Gasteiger partial charge in [0.05, 0.1) is 17.6 Å². The van der Waals surface area contributed by atoms with E-state index in [-0.39, 0.29) is 11.8 Å². The number of rotatable bonds is 8. The molecular weight excluding hydrogens is 434 g/mol. The van der Waals surface area contributed by atoms with Crippen molar-refractivity contribution in [3.05, 3.63) is 89.2 Å². The molecule has 5 nitrogen and oxygen atoms in total. The van der Waals surface area contributed by atoms with Crippen molar-refractivity contribution in [1.29, 1.82) is 0 Å². The van der Waals surface area contributed by atoms with E-state index in [1.165, 1.54) is 11.1 Å². The number of carbonyl (C=O) groups is 1. The third-order valence-corrected chi connectivity index (χ3v) is 6.73. The van der Waals surface area contributed by atoms with Crippen LogP contribution < -0.4 is 9.64 Å². The number of anilines is 1.